The van der Waals surface area contributed by atoms with Crippen molar-refractivity contribution >= 4 is 0 Å². The van der Waals surface area contributed by atoms with Gasteiger partial charge in [0.05, 0.1) is 0 Å². The average molecular weight is 217 g/mol. The Morgan fingerprint density at radius 2 is 1.88 bits per heavy atom. The minimum absolute atomic E-state index is 0.735. The highest BCUT2D eigenvalue weighted by Gasteiger charge is 2.26. The van der Waals surface area contributed by atoms with Crippen LogP contribution in [0.4, 0.5) is 0 Å². The molecule has 1 aliphatic carbocycles. The third-order valence-corrected chi connectivity index (χ3v) is 4.14. The van der Waals surface area contributed by atoms with E-state index in [1.54, 1.807) is 5.56 Å². The highest BCUT2D eigenvalue weighted by molar-refractivity contribution is 5.34. The lowest BCUT2D eigenvalue weighted by molar-refractivity contribution is 0.422. The summed E-state index contributed by atoms with van der Waals surface area (Å²) in [6.45, 7) is 4.48. The molecule has 88 valence electrons. The molecule has 1 aromatic carbocycles. The van der Waals surface area contributed by atoms with Crippen molar-refractivity contribution in [3.63, 3.8) is 0 Å². The summed E-state index contributed by atoms with van der Waals surface area (Å²) >= 11 is 0. The lowest BCUT2D eigenvalue weighted by atomic mass is 9.90. The number of rotatable bonds is 3. The molecule has 0 amide bonds. The second-order valence-corrected chi connectivity index (χ2v) is 5.16. The van der Waals surface area contributed by atoms with Gasteiger partial charge in [0, 0.05) is 6.04 Å². The van der Waals surface area contributed by atoms with Gasteiger partial charge in [0.15, 0.2) is 0 Å². The molecule has 0 heterocycles. The molecule has 1 heteroatoms. The molecule has 1 N–H and O–H groups in total. The topological polar surface area (TPSA) is 12.0 Å². The molecule has 1 fully saturated rings. The summed E-state index contributed by atoms with van der Waals surface area (Å²) in [6, 6.07) is 7.38. The first-order chi connectivity index (χ1) is 7.72. The molecule has 1 saturated carbocycles. The Labute approximate surface area is 99.3 Å². The van der Waals surface area contributed by atoms with E-state index >= 15 is 0 Å². The van der Waals surface area contributed by atoms with E-state index in [-0.39, 0.29) is 0 Å². The molecule has 0 radical (unpaired) electrons. The number of aryl methyl sites for hydroxylation is 2. The van der Waals surface area contributed by atoms with E-state index in [1.165, 1.54) is 36.8 Å². The van der Waals surface area contributed by atoms with Crippen LogP contribution in [0.1, 0.15) is 36.0 Å². The summed E-state index contributed by atoms with van der Waals surface area (Å²) in [7, 11) is 2.10. The standard InChI is InChI=1S/C15H23N/c1-11-6-4-7-12(2)14(11)10-13-8-5-9-15(13)16-3/h4,6-7,13,15-16H,5,8-10H2,1-3H3. The Morgan fingerprint density at radius 1 is 1.19 bits per heavy atom. The lowest BCUT2D eigenvalue weighted by Crippen LogP contribution is -2.30. The maximum absolute atomic E-state index is 3.47. The van der Waals surface area contributed by atoms with Gasteiger partial charge in [0.1, 0.15) is 0 Å². The van der Waals surface area contributed by atoms with Crippen molar-refractivity contribution in [2.24, 2.45) is 5.92 Å². The van der Waals surface area contributed by atoms with Gasteiger partial charge in [-0.15, -0.1) is 0 Å². The molecule has 0 saturated heterocycles. The molecule has 2 rings (SSSR count). The van der Waals surface area contributed by atoms with E-state index in [1.807, 2.05) is 0 Å². The summed E-state index contributed by atoms with van der Waals surface area (Å²) in [5.41, 5.74) is 4.50. The monoisotopic (exact) mass is 217 g/mol. The molecular weight excluding hydrogens is 194 g/mol. The average Bonchev–Trinajstić information content (AvgIpc) is 2.71. The van der Waals surface area contributed by atoms with Crippen LogP contribution in [0.3, 0.4) is 0 Å². The SMILES string of the molecule is CNC1CCCC1Cc1c(C)cccc1C. The predicted molar refractivity (Wildman–Crippen MR) is 69.8 cm³/mol. The van der Waals surface area contributed by atoms with Crippen molar-refractivity contribution < 1.29 is 0 Å². The Morgan fingerprint density at radius 3 is 2.50 bits per heavy atom. The zero-order valence-corrected chi connectivity index (χ0v) is 10.7. The van der Waals surface area contributed by atoms with Crippen LogP contribution in [0.25, 0.3) is 0 Å². The number of hydrogen-bond acceptors (Lipinski definition) is 1. The highest BCUT2D eigenvalue weighted by atomic mass is 14.9. The molecule has 1 aromatic rings. The van der Waals surface area contributed by atoms with E-state index in [2.05, 4.69) is 44.4 Å². The third kappa shape index (κ3) is 2.30. The second-order valence-electron chi connectivity index (χ2n) is 5.16. The number of nitrogens with one attached hydrogen (secondary N) is 1. The first-order valence-corrected chi connectivity index (χ1v) is 6.44. The van der Waals surface area contributed by atoms with Crippen LogP contribution in [0.2, 0.25) is 0 Å². The molecule has 1 aliphatic rings. The predicted octanol–water partition coefficient (Wildman–Crippen LogP) is 3.23. The van der Waals surface area contributed by atoms with E-state index in [4.69, 9.17) is 0 Å². The molecule has 0 bridgehead atoms. The van der Waals surface area contributed by atoms with E-state index in [0.29, 0.717) is 0 Å². The molecule has 2 unspecified atom stereocenters. The van der Waals surface area contributed by atoms with Crippen molar-refractivity contribution in [2.45, 2.75) is 45.6 Å². The van der Waals surface area contributed by atoms with Gasteiger partial charge < -0.3 is 5.32 Å². The second kappa shape index (κ2) is 5.01. The summed E-state index contributed by atoms with van der Waals surface area (Å²) in [4.78, 5) is 0. The van der Waals surface area contributed by atoms with Gasteiger partial charge in [-0.3, -0.25) is 0 Å². The van der Waals surface area contributed by atoms with Gasteiger partial charge in [-0.05, 0) is 62.8 Å². The zero-order chi connectivity index (χ0) is 11.5. The highest BCUT2D eigenvalue weighted by Crippen LogP contribution is 2.30. The fraction of sp³-hybridized carbons (Fsp3) is 0.600. The molecule has 2 atom stereocenters. The normalized spacial score (nSPS) is 24.9. The van der Waals surface area contributed by atoms with E-state index in [0.717, 1.165) is 12.0 Å². The maximum atomic E-state index is 3.47. The zero-order valence-electron chi connectivity index (χ0n) is 10.7. The lowest BCUT2D eigenvalue weighted by Gasteiger charge is -2.21. The van der Waals surface area contributed by atoms with Crippen LogP contribution in [0.5, 0.6) is 0 Å². The van der Waals surface area contributed by atoms with Gasteiger partial charge in [0.25, 0.3) is 0 Å². The Hall–Kier alpha value is -0.820. The molecule has 16 heavy (non-hydrogen) atoms. The van der Waals surface area contributed by atoms with Crippen LogP contribution in [0.15, 0.2) is 18.2 Å². The van der Waals surface area contributed by atoms with Gasteiger partial charge in [0.2, 0.25) is 0 Å². The summed E-state index contributed by atoms with van der Waals surface area (Å²) in [6.07, 6.45) is 5.39. The quantitative estimate of drug-likeness (QED) is 0.819. The first kappa shape index (κ1) is 11.7. The van der Waals surface area contributed by atoms with Crippen molar-refractivity contribution in [1.82, 2.24) is 5.32 Å². The van der Waals surface area contributed by atoms with Crippen LogP contribution >= 0.6 is 0 Å². The number of benzene rings is 1. The first-order valence-electron chi connectivity index (χ1n) is 6.44. The Kier molecular flexibility index (Phi) is 3.65. The molecular formula is C15H23N. The van der Waals surface area contributed by atoms with Crippen molar-refractivity contribution in [2.75, 3.05) is 7.05 Å². The minimum atomic E-state index is 0.735. The van der Waals surface area contributed by atoms with Gasteiger partial charge in [-0.1, -0.05) is 24.6 Å². The molecule has 1 nitrogen and oxygen atoms in total. The van der Waals surface area contributed by atoms with Gasteiger partial charge in [-0.2, -0.15) is 0 Å². The van der Waals surface area contributed by atoms with Gasteiger partial charge in [-0.25, -0.2) is 0 Å². The summed E-state index contributed by atoms with van der Waals surface area (Å²) in [5.74, 6) is 0.838. The van der Waals surface area contributed by atoms with Crippen LogP contribution in [-0.4, -0.2) is 13.1 Å². The minimum Gasteiger partial charge on any atom is -0.317 e. The van der Waals surface area contributed by atoms with Crippen LogP contribution in [-0.2, 0) is 6.42 Å². The summed E-state index contributed by atoms with van der Waals surface area (Å²) < 4.78 is 0. The Bertz CT molecular complexity index is 336. The van der Waals surface area contributed by atoms with E-state index < -0.39 is 0 Å². The smallest absolute Gasteiger partial charge is 0.00955 e. The van der Waals surface area contributed by atoms with E-state index in [9.17, 15) is 0 Å². The number of hydrogen-bond donors (Lipinski definition) is 1. The van der Waals surface area contributed by atoms with Crippen molar-refractivity contribution in [3.05, 3.63) is 34.9 Å². The van der Waals surface area contributed by atoms with Crippen LogP contribution < -0.4 is 5.32 Å². The van der Waals surface area contributed by atoms with Crippen molar-refractivity contribution in [1.29, 1.82) is 0 Å². The maximum Gasteiger partial charge on any atom is 0.00955 e. The fourth-order valence-electron chi connectivity index (χ4n) is 3.09. The summed E-state index contributed by atoms with van der Waals surface area (Å²) in [5, 5.41) is 3.47. The molecule has 0 aliphatic heterocycles. The molecule has 0 spiro atoms. The molecule has 0 aromatic heterocycles. The van der Waals surface area contributed by atoms with Crippen LogP contribution in [0, 0.1) is 19.8 Å². The fourth-order valence-corrected chi connectivity index (χ4v) is 3.09. The largest absolute Gasteiger partial charge is 0.317 e. The van der Waals surface area contributed by atoms with Crippen molar-refractivity contribution in [3.8, 4) is 0 Å². The Balaban J connectivity index is 2.14. The van der Waals surface area contributed by atoms with Gasteiger partial charge >= 0.3 is 0 Å². The third-order valence-electron chi connectivity index (χ3n) is 4.14.